The Labute approximate surface area is 167 Å². The van der Waals surface area contributed by atoms with Gasteiger partial charge in [0.15, 0.2) is 0 Å². The molecule has 1 aromatic rings. The highest BCUT2D eigenvalue weighted by atomic mass is 32.2. The van der Waals surface area contributed by atoms with Crippen LogP contribution in [0.2, 0.25) is 0 Å². The van der Waals surface area contributed by atoms with E-state index in [4.69, 9.17) is 0 Å². The van der Waals surface area contributed by atoms with Gasteiger partial charge in [0.25, 0.3) is 5.91 Å². The van der Waals surface area contributed by atoms with Crippen LogP contribution in [-0.2, 0) is 20.0 Å². The van der Waals surface area contributed by atoms with Crippen LogP contribution in [0.15, 0.2) is 23.1 Å². The zero-order valence-electron chi connectivity index (χ0n) is 16.9. The van der Waals surface area contributed by atoms with Crippen LogP contribution < -0.4 is 10.0 Å². The Morgan fingerprint density at radius 2 is 1.82 bits per heavy atom. The van der Waals surface area contributed by atoms with Gasteiger partial charge in [-0.3, -0.25) is 4.79 Å². The van der Waals surface area contributed by atoms with Crippen molar-refractivity contribution in [2.45, 2.75) is 57.0 Å². The minimum atomic E-state index is -3.77. The lowest BCUT2D eigenvalue weighted by Gasteiger charge is -2.31. The number of sulfonamides is 2. The molecule has 8 nitrogen and oxygen atoms in total. The van der Waals surface area contributed by atoms with Crippen LogP contribution in [0, 0.1) is 6.92 Å². The van der Waals surface area contributed by atoms with Crippen LogP contribution in [0.4, 0.5) is 0 Å². The number of carbonyl (C=O) groups is 1. The molecule has 0 aromatic heterocycles. The predicted octanol–water partition coefficient (Wildman–Crippen LogP) is 1.23. The number of piperidine rings is 1. The monoisotopic (exact) mass is 431 g/mol. The number of nitrogens with one attached hydrogen (secondary N) is 2. The molecule has 1 saturated heterocycles. The Morgan fingerprint density at radius 1 is 1.18 bits per heavy atom. The normalized spacial score (nSPS) is 19.4. The fraction of sp³-hybridized carbons (Fsp3) is 0.611. The average Bonchev–Trinajstić information content (AvgIpc) is 2.52. The second kappa shape index (κ2) is 8.10. The van der Waals surface area contributed by atoms with E-state index in [1.54, 1.807) is 33.8 Å². The molecule has 0 spiro atoms. The van der Waals surface area contributed by atoms with E-state index in [1.165, 1.54) is 16.4 Å². The molecule has 0 saturated carbocycles. The number of amides is 1. The van der Waals surface area contributed by atoms with Gasteiger partial charge in [-0.1, -0.05) is 6.07 Å². The topological polar surface area (TPSA) is 113 Å². The van der Waals surface area contributed by atoms with Crippen LogP contribution in [0.1, 0.15) is 49.5 Å². The van der Waals surface area contributed by atoms with Crippen LogP contribution >= 0.6 is 0 Å². The molecular formula is C18H29N3O5S2. The lowest BCUT2D eigenvalue weighted by molar-refractivity contribution is 0.0920. The molecule has 1 amide bonds. The summed E-state index contributed by atoms with van der Waals surface area (Å²) in [6.45, 7) is 7.60. The first kappa shape index (κ1) is 22.8. The first-order valence-corrected chi connectivity index (χ1v) is 12.4. The fourth-order valence-electron chi connectivity index (χ4n) is 3.10. The molecule has 158 valence electrons. The van der Waals surface area contributed by atoms with E-state index in [0.29, 0.717) is 24.9 Å². The molecule has 1 unspecified atom stereocenters. The van der Waals surface area contributed by atoms with Crippen LogP contribution in [0.5, 0.6) is 0 Å². The number of benzene rings is 1. The molecule has 1 atom stereocenters. The largest absolute Gasteiger partial charge is 0.348 e. The van der Waals surface area contributed by atoms with E-state index in [2.05, 4.69) is 10.0 Å². The van der Waals surface area contributed by atoms with Crippen molar-refractivity contribution in [3.8, 4) is 0 Å². The Balaban J connectivity index is 2.22. The summed E-state index contributed by atoms with van der Waals surface area (Å²) in [6.07, 6.45) is 2.47. The SMILES string of the molecule is Cc1ccc(S(=O)(=O)NC(C)(C)C)cc1C(=O)NC1CCCN(S(C)(=O)=O)C1. The van der Waals surface area contributed by atoms with Gasteiger partial charge in [0.2, 0.25) is 20.0 Å². The van der Waals surface area contributed by atoms with Crippen molar-refractivity contribution in [2.75, 3.05) is 19.3 Å². The molecule has 0 bridgehead atoms. The van der Waals surface area contributed by atoms with Crippen LogP contribution in [0.25, 0.3) is 0 Å². The third-order valence-corrected chi connectivity index (χ3v) is 7.42. The summed E-state index contributed by atoms with van der Waals surface area (Å²) in [4.78, 5) is 12.8. The first-order chi connectivity index (χ1) is 12.7. The fourth-order valence-corrected chi connectivity index (χ4v) is 5.46. The third-order valence-electron chi connectivity index (χ3n) is 4.39. The number of hydrogen-bond donors (Lipinski definition) is 2. The molecule has 2 N–H and O–H groups in total. The molecule has 1 fully saturated rings. The number of carbonyl (C=O) groups excluding carboxylic acids is 1. The van der Waals surface area contributed by atoms with Crippen molar-refractivity contribution >= 4 is 26.0 Å². The molecule has 28 heavy (non-hydrogen) atoms. The standard InChI is InChI=1S/C18H29N3O5S2/c1-13-8-9-15(28(25,26)20-18(2,3)4)11-16(13)17(22)19-14-7-6-10-21(12-14)27(5,23)24/h8-9,11,14,20H,6-7,10,12H2,1-5H3,(H,19,22). The summed E-state index contributed by atoms with van der Waals surface area (Å²) in [7, 11) is -7.09. The van der Waals surface area contributed by atoms with E-state index < -0.39 is 31.5 Å². The van der Waals surface area contributed by atoms with Crippen LogP contribution in [-0.4, -0.2) is 58.0 Å². The first-order valence-electron chi connectivity index (χ1n) is 9.10. The summed E-state index contributed by atoms with van der Waals surface area (Å²) in [6, 6.07) is 4.10. The Morgan fingerprint density at radius 3 is 2.39 bits per heavy atom. The Kier molecular flexibility index (Phi) is 6.59. The molecule has 1 heterocycles. The average molecular weight is 432 g/mol. The quantitative estimate of drug-likeness (QED) is 0.728. The van der Waals surface area contributed by atoms with E-state index in [9.17, 15) is 21.6 Å². The molecular weight excluding hydrogens is 402 g/mol. The molecule has 0 aliphatic carbocycles. The van der Waals surface area contributed by atoms with E-state index >= 15 is 0 Å². The van der Waals surface area contributed by atoms with Gasteiger partial charge in [0, 0.05) is 30.2 Å². The summed E-state index contributed by atoms with van der Waals surface area (Å²) in [5.74, 6) is -0.411. The maximum Gasteiger partial charge on any atom is 0.251 e. The van der Waals surface area contributed by atoms with Crippen molar-refractivity contribution < 1.29 is 21.6 Å². The van der Waals surface area contributed by atoms with Crippen molar-refractivity contribution in [2.24, 2.45) is 0 Å². The van der Waals surface area contributed by atoms with E-state index in [1.807, 2.05) is 0 Å². The Hall–Kier alpha value is -1.49. The zero-order valence-corrected chi connectivity index (χ0v) is 18.6. The van der Waals surface area contributed by atoms with Crippen molar-refractivity contribution in [3.63, 3.8) is 0 Å². The minimum absolute atomic E-state index is 0.0135. The summed E-state index contributed by atoms with van der Waals surface area (Å²) in [5, 5.41) is 2.84. The van der Waals surface area contributed by atoms with Gasteiger partial charge in [-0.25, -0.2) is 25.9 Å². The van der Waals surface area contributed by atoms with Crippen molar-refractivity contribution in [1.82, 2.24) is 14.3 Å². The number of aryl methyl sites for hydroxylation is 1. The summed E-state index contributed by atoms with van der Waals surface area (Å²) in [5.41, 5.74) is 0.250. The molecule has 1 aromatic carbocycles. The smallest absolute Gasteiger partial charge is 0.251 e. The molecule has 0 radical (unpaired) electrons. The lowest BCUT2D eigenvalue weighted by Crippen LogP contribution is -2.49. The molecule has 1 aliphatic heterocycles. The minimum Gasteiger partial charge on any atom is -0.348 e. The maximum absolute atomic E-state index is 12.8. The number of rotatable bonds is 5. The number of hydrogen-bond acceptors (Lipinski definition) is 5. The highest BCUT2D eigenvalue weighted by molar-refractivity contribution is 7.89. The van der Waals surface area contributed by atoms with Crippen LogP contribution in [0.3, 0.4) is 0 Å². The summed E-state index contributed by atoms with van der Waals surface area (Å²) < 4.78 is 52.5. The molecule has 2 rings (SSSR count). The van der Waals surface area contributed by atoms with Gasteiger partial charge in [-0.05, 0) is 58.2 Å². The van der Waals surface area contributed by atoms with Gasteiger partial charge in [0.05, 0.1) is 11.2 Å². The highest BCUT2D eigenvalue weighted by Crippen LogP contribution is 2.19. The Bertz CT molecular complexity index is 950. The highest BCUT2D eigenvalue weighted by Gasteiger charge is 2.28. The van der Waals surface area contributed by atoms with E-state index in [-0.39, 0.29) is 23.0 Å². The van der Waals surface area contributed by atoms with Gasteiger partial charge in [-0.15, -0.1) is 0 Å². The molecule has 10 heteroatoms. The van der Waals surface area contributed by atoms with Gasteiger partial charge in [-0.2, -0.15) is 0 Å². The lowest BCUT2D eigenvalue weighted by atomic mass is 10.0. The summed E-state index contributed by atoms with van der Waals surface area (Å²) >= 11 is 0. The van der Waals surface area contributed by atoms with Gasteiger partial charge < -0.3 is 5.32 Å². The predicted molar refractivity (Wildman–Crippen MR) is 108 cm³/mol. The van der Waals surface area contributed by atoms with Crippen molar-refractivity contribution in [1.29, 1.82) is 0 Å². The maximum atomic E-state index is 12.8. The zero-order chi connectivity index (χ0) is 21.3. The molecule has 1 aliphatic rings. The second-order valence-electron chi connectivity index (χ2n) is 8.27. The van der Waals surface area contributed by atoms with Crippen molar-refractivity contribution in [3.05, 3.63) is 29.3 Å². The van der Waals surface area contributed by atoms with Gasteiger partial charge >= 0.3 is 0 Å². The number of nitrogens with zero attached hydrogens (tertiary/aromatic N) is 1. The third kappa shape index (κ3) is 6.00. The van der Waals surface area contributed by atoms with E-state index in [0.717, 1.165) is 6.26 Å². The van der Waals surface area contributed by atoms with Gasteiger partial charge in [0.1, 0.15) is 0 Å². The second-order valence-corrected chi connectivity index (χ2v) is 11.9.